The molecule has 1 aromatic carbocycles. The van der Waals surface area contributed by atoms with Gasteiger partial charge in [0, 0.05) is 5.02 Å². The molecule has 2 atom stereocenters. The second-order valence-electron chi connectivity index (χ2n) is 4.85. The molecular weight excluding hydrogens is 266 g/mol. The number of carboxylic acid groups (broad SMARTS) is 1. The minimum atomic E-state index is -1.05. The summed E-state index contributed by atoms with van der Waals surface area (Å²) in [5, 5.41) is 11.9. The van der Waals surface area contributed by atoms with Gasteiger partial charge in [-0.3, -0.25) is 9.59 Å². The first-order chi connectivity index (χ1) is 8.82. The van der Waals surface area contributed by atoms with E-state index in [9.17, 15) is 9.59 Å². The molecule has 0 aliphatic carbocycles. The number of amides is 1. The first-order valence-corrected chi connectivity index (χ1v) is 6.49. The molecule has 19 heavy (non-hydrogen) atoms. The summed E-state index contributed by atoms with van der Waals surface area (Å²) in [6.45, 7) is 5.27. The maximum atomic E-state index is 12.2. The molecule has 1 amide bonds. The van der Waals surface area contributed by atoms with Crippen LogP contribution in [0.4, 0.5) is 0 Å². The zero-order valence-electron chi connectivity index (χ0n) is 11.2. The van der Waals surface area contributed by atoms with Crippen LogP contribution < -0.4 is 5.32 Å². The van der Waals surface area contributed by atoms with Crippen LogP contribution in [0.3, 0.4) is 0 Å². The molecule has 4 nitrogen and oxygen atoms in total. The monoisotopic (exact) mass is 283 g/mol. The van der Waals surface area contributed by atoms with Crippen molar-refractivity contribution in [3.63, 3.8) is 0 Å². The van der Waals surface area contributed by atoms with Gasteiger partial charge in [0.25, 0.3) is 0 Å². The Morgan fingerprint density at radius 3 is 2.37 bits per heavy atom. The Kier molecular flexibility index (Phi) is 5.36. The molecule has 0 aromatic heterocycles. The number of carbonyl (C=O) groups is 2. The summed E-state index contributed by atoms with van der Waals surface area (Å²) in [6, 6.07) is 6.16. The lowest BCUT2D eigenvalue weighted by molar-refractivity contribution is -0.141. The van der Waals surface area contributed by atoms with Crippen LogP contribution in [-0.4, -0.2) is 23.0 Å². The maximum absolute atomic E-state index is 12.2. The topological polar surface area (TPSA) is 66.4 Å². The standard InChI is InChI=1S/C14H18ClNO3/c1-8(2)12(10-5-4-6-11(15)7-10)13(17)16-9(3)14(18)19/h4-9,12H,1-3H3,(H,16,17)(H,18,19). The quantitative estimate of drug-likeness (QED) is 0.873. The van der Waals surface area contributed by atoms with Gasteiger partial charge in [-0.25, -0.2) is 0 Å². The predicted molar refractivity (Wildman–Crippen MR) is 74.3 cm³/mol. The number of halogens is 1. The third-order valence-corrected chi connectivity index (χ3v) is 3.12. The van der Waals surface area contributed by atoms with E-state index in [-0.39, 0.29) is 11.8 Å². The molecule has 5 heteroatoms. The number of hydrogen-bond acceptors (Lipinski definition) is 2. The number of aliphatic carboxylic acids is 1. The van der Waals surface area contributed by atoms with Crippen LogP contribution in [0.2, 0.25) is 5.02 Å². The van der Waals surface area contributed by atoms with E-state index in [1.54, 1.807) is 18.2 Å². The fourth-order valence-electron chi connectivity index (χ4n) is 1.90. The fourth-order valence-corrected chi connectivity index (χ4v) is 2.10. The van der Waals surface area contributed by atoms with Crippen molar-refractivity contribution in [3.05, 3.63) is 34.9 Å². The molecule has 0 saturated heterocycles. The van der Waals surface area contributed by atoms with E-state index in [1.165, 1.54) is 6.92 Å². The summed E-state index contributed by atoms with van der Waals surface area (Å²) in [6.07, 6.45) is 0. The molecule has 2 N–H and O–H groups in total. The Balaban J connectivity index is 2.95. The second kappa shape index (κ2) is 6.57. The Labute approximate surface area is 117 Å². The van der Waals surface area contributed by atoms with Crippen LogP contribution in [-0.2, 0) is 9.59 Å². The van der Waals surface area contributed by atoms with Crippen molar-refractivity contribution in [2.45, 2.75) is 32.7 Å². The zero-order chi connectivity index (χ0) is 14.6. The molecule has 1 aromatic rings. The Morgan fingerprint density at radius 1 is 1.26 bits per heavy atom. The smallest absolute Gasteiger partial charge is 0.325 e. The van der Waals surface area contributed by atoms with Gasteiger partial charge >= 0.3 is 5.97 Å². The molecule has 0 bridgehead atoms. The van der Waals surface area contributed by atoms with Gasteiger partial charge in [-0.15, -0.1) is 0 Å². The minimum absolute atomic E-state index is 0.0412. The SMILES string of the molecule is CC(NC(=O)C(c1cccc(Cl)c1)C(C)C)C(=O)O. The highest BCUT2D eigenvalue weighted by molar-refractivity contribution is 6.30. The molecular formula is C14H18ClNO3. The summed E-state index contributed by atoms with van der Waals surface area (Å²) in [4.78, 5) is 23.0. The van der Waals surface area contributed by atoms with Crippen LogP contribution in [0, 0.1) is 5.92 Å². The molecule has 0 aliphatic rings. The van der Waals surface area contributed by atoms with Gasteiger partial charge in [-0.05, 0) is 30.5 Å². The van der Waals surface area contributed by atoms with Crippen molar-refractivity contribution in [2.24, 2.45) is 5.92 Å². The van der Waals surface area contributed by atoms with Crippen LogP contribution in [0.5, 0.6) is 0 Å². The van der Waals surface area contributed by atoms with E-state index in [1.807, 2.05) is 19.9 Å². The second-order valence-corrected chi connectivity index (χ2v) is 5.28. The largest absolute Gasteiger partial charge is 0.480 e. The summed E-state index contributed by atoms with van der Waals surface area (Å²) in [7, 11) is 0. The summed E-state index contributed by atoms with van der Waals surface area (Å²) in [5.41, 5.74) is 0.789. The van der Waals surface area contributed by atoms with Gasteiger partial charge in [0.05, 0.1) is 5.92 Å². The highest BCUT2D eigenvalue weighted by Gasteiger charge is 2.26. The predicted octanol–water partition coefficient (Wildman–Crippen LogP) is 2.67. The van der Waals surface area contributed by atoms with E-state index in [0.717, 1.165) is 5.56 Å². The van der Waals surface area contributed by atoms with E-state index in [4.69, 9.17) is 16.7 Å². The fraction of sp³-hybridized carbons (Fsp3) is 0.429. The molecule has 0 radical (unpaired) electrons. The summed E-state index contributed by atoms with van der Waals surface area (Å²) >= 11 is 5.93. The van der Waals surface area contributed by atoms with E-state index in [0.29, 0.717) is 5.02 Å². The maximum Gasteiger partial charge on any atom is 0.325 e. The lowest BCUT2D eigenvalue weighted by Gasteiger charge is -2.22. The normalized spacial score (nSPS) is 13.9. The summed E-state index contributed by atoms with van der Waals surface area (Å²) < 4.78 is 0. The van der Waals surface area contributed by atoms with E-state index >= 15 is 0 Å². The average Bonchev–Trinajstić information content (AvgIpc) is 2.28. The van der Waals surface area contributed by atoms with E-state index in [2.05, 4.69) is 5.32 Å². The van der Waals surface area contributed by atoms with E-state index < -0.39 is 17.9 Å². The molecule has 0 spiro atoms. The average molecular weight is 284 g/mol. The highest BCUT2D eigenvalue weighted by Crippen LogP contribution is 2.26. The van der Waals surface area contributed by atoms with Gasteiger partial charge in [-0.2, -0.15) is 0 Å². The first kappa shape index (κ1) is 15.5. The number of hydrogen-bond donors (Lipinski definition) is 2. The van der Waals surface area contributed by atoms with Gasteiger partial charge in [0.1, 0.15) is 6.04 Å². The molecule has 2 unspecified atom stereocenters. The summed E-state index contributed by atoms with van der Waals surface area (Å²) in [5.74, 6) is -1.73. The molecule has 0 saturated carbocycles. The van der Waals surface area contributed by atoms with Gasteiger partial charge in [-0.1, -0.05) is 37.6 Å². The third kappa shape index (κ3) is 4.24. The Morgan fingerprint density at radius 2 is 1.89 bits per heavy atom. The van der Waals surface area contributed by atoms with Crippen molar-refractivity contribution < 1.29 is 14.7 Å². The van der Waals surface area contributed by atoms with Gasteiger partial charge < -0.3 is 10.4 Å². The van der Waals surface area contributed by atoms with Crippen LogP contribution in [0.1, 0.15) is 32.3 Å². The van der Waals surface area contributed by atoms with Crippen molar-refractivity contribution in [1.82, 2.24) is 5.32 Å². The van der Waals surface area contributed by atoms with Crippen LogP contribution >= 0.6 is 11.6 Å². The molecule has 1 rings (SSSR count). The number of carbonyl (C=O) groups excluding carboxylic acids is 1. The van der Waals surface area contributed by atoms with Crippen molar-refractivity contribution in [3.8, 4) is 0 Å². The highest BCUT2D eigenvalue weighted by atomic mass is 35.5. The van der Waals surface area contributed by atoms with Crippen molar-refractivity contribution in [2.75, 3.05) is 0 Å². The Hall–Kier alpha value is -1.55. The van der Waals surface area contributed by atoms with Crippen LogP contribution in [0.25, 0.3) is 0 Å². The molecule has 0 aliphatic heterocycles. The van der Waals surface area contributed by atoms with Crippen LogP contribution in [0.15, 0.2) is 24.3 Å². The lowest BCUT2D eigenvalue weighted by atomic mass is 9.87. The van der Waals surface area contributed by atoms with Gasteiger partial charge in [0.15, 0.2) is 0 Å². The minimum Gasteiger partial charge on any atom is -0.480 e. The zero-order valence-corrected chi connectivity index (χ0v) is 11.9. The number of benzene rings is 1. The number of nitrogens with one attached hydrogen (secondary N) is 1. The first-order valence-electron chi connectivity index (χ1n) is 6.11. The molecule has 104 valence electrons. The van der Waals surface area contributed by atoms with Crippen molar-refractivity contribution >= 4 is 23.5 Å². The lowest BCUT2D eigenvalue weighted by Crippen LogP contribution is -2.42. The molecule has 0 fully saturated rings. The number of carboxylic acids is 1. The molecule has 0 heterocycles. The van der Waals surface area contributed by atoms with Gasteiger partial charge in [0.2, 0.25) is 5.91 Å². The van der Waals surface area contributed by atoms with Crippen molar-refractivity contribution in [1.29, 1.82) is 0 Å². The number of rotatable bonds is 5. The Bertz CT molecular complexity index is 474. The third-order valence-electron chi connectivity index (χ3n) is 2.89.